The molecule has 0 rings (SSSR count). The summed E-state index contributed by atoms with van der Waals surface area (Å²) in [6, 6.07) is -12.8. The number of carboxylic acid groups (broad SMARTS) is 1. The molecule has 0 aromatic carbocycles. The van der Waals surface area contributed by atoms with Gasteiger partial charge in [0.25, 0.3) is 0 Å². The van der Waals surface area contributed by atoms with E-state index < -0.39 is 126 Å². The highest BCUT2D eigenvalue weighted by molar-refractivity contribution is 5.98. The van der Waals surface area contributed by atoms with Crippen molar-refractivity contribution in [2.75, 3.05) is 52.4 Å². The van der Waals surface area contributed by atoms with Crippen LogP contribution < -0.4 is 134 Å². The third kappa shape index (κ3) is 40.8. The topological polar surface area (TPSA) is 778 Å². The highest BCUT2D eigenvalue weighted by atomic mass is 16.4. The molecule has 0 saturated heterocycles. The van der Waals surface area contributed by atoms with Crippen LogP contribution >= 0.6 is 0 Å². The quantitative estimate of drug-likeness (QED) is 0.0153. The summed E-state index contributed by atoms with van der Waals surface area (Å²) < 4.78 is 0. The van der Waals surface area contributed by atoms with Crippen LogP contribution in [0.15, 0.2) is 30.0 Å². The molecule has 0 aliphatic carbocycles. The van der Waals surface area contributed by atoms with E-state index in [4.69, 9.17) is 91.7 Å². The second-order valence-electron chi connectivity index (χ2n) is 21.7. The Hall–Kier alpha value is -9.80. The molecule has 41 nitrogen and oxygen atoms in total. The molecular formula is C53H106N30O11. The van der Waals surface area contributed by atoms with Gasteiger partial charge in [0.2, 0.25) is 53.2 Å². The van der Waals surface area contributed by atoms with Gasteiger partial charge in [-0.2, -0.15) is 0 Å². The SMILES string of the molecule is NCCCC[C@H](NC(=O)[C@H](N)CCCN=C(N)N)C(=O)N[C@@H](CCCCN)C(=O)N[C@@H](CCCN=C(N)N)C(=O)N[C@H](CCCN=C(N)N)C(=O)N[C@@H](CCC(N)=O)C(=O)N[C@@H](CCCN=C(N)N)C(=O)N[C@H](CCCN=C(N)N)C(=O)N[C@@H](CCCN=C(N)N)C(=O)O. The van der Waals surface area contributed by atoms with Crippen molar-refractivity contribution in [3.8, 4) is 0 Å². The van der Waals surface area contributed by atoms with Crippen molar-refractivity contribution in [1.29, 1.82) is 0 Å². The maximum Gasteiger partial charge on any atom is 0.326 e. The lowest BCUT2D eigenvalue weighted by atomic mass is 10.0. The summed E-state index contributed by atoms with van der Waals surface area (Å²) in [5.41, 5.74) is 89.0. The van der Waals surface area contributed by atoms with Crippen LogP contribution in [-0.4, -0.2) is 207 Å². The van der Waals surface area contributed by atoms with E-state index in [1.807, 2.05) is 0 Å². The Morgan fingerprint density at radius 1 is 0.277 bits per heavy atom. The second-order valence-corrected chi connectivity index (χ2v) is 21.7. The van der Waals surface area contributed by atoms with Gasteiger partial charge >= 0.3 is 5.97 Å². The molecule has 0 aliphatic heterocycles. The smallest absolute Gasteiger partial charge is 0.326 e. The lowest BCUT2D eigenvalue weighted by Crippen LogP contribution is -2.60. The van der Waals surface area contributed by atoms with E-state index in [0.29, 0.717) is 32.1 Å². The molecule has 41 N–H and O–H groups in total. The van der Waals surface area contributed by atoms with E-state index in [-0.39, 0.29) is 172 Å². The van der Waals surface area contributed by atoms with Crippen molar-refractivity contribution in [2.45, 2.75) is 183 Å². The van der Waals surface area contributed by atoms with E-state index in [9.17, 15) is 53.1 Å². The van der Waals surface area contributed by atoms with E-state index >= 15 is 0 Å². The van der Waals surface area contributed by atoms with Gasteiger partial charge < -0.3 is 139 Å². The summed E-state index contributed by atoms with van der Waals surface area (Å²) in [5.74, 6) is -11.1. The van der Waals surface area contributed by atoms with Crippen molar-refractivity contribution in [3.05, 3.63) is 0 Å². The van der Waals surface area contributed by atoms with Crippen LogP contribution in [0.25, 0.3) is 0 Å². The van der Waals surface area contributed by atoms with E-state index in [2.05, 4.69) is 72.5 Å². The van der Waals surface area contributed by atoms with Crippen LogP contribution in [0.5, 0.6) is 0 Å². The molecule has 0 saturated carbocycles. The second kappa shape index (κ2) is 48.9. The summed E-state index contributed by atoms with van der Waals surface area (Å²) in [6.45, 7) is 0.538. The summed E-state index contributed by atoms with van der Waals surface area (Å²) in [4.78, 5) is 162. The molecule has 41 heteroatoms. The van der Waals surface area contributed by atoms with Crippen LogP contribution in [0.2, 0.25) is 0 Å². The summed E-state index contributed by atoms with van der Waals surface area (Å²) in [6.07, 6.45) is 0.600. The van der Waals surface area contributed by atoms with Gasteiger partial charge in [-0.3, -0.25) is 73.1 Å². The van der Waals surface area contributed by atoms with Crippen molar-refractivity contribution >= 4 is 94.9 Å². The number of carbonyl (C=O) groups is 10. The highest BCUT2D eigenvalue weighted by Gasteiger charge is 2.35. The van der Waals surface area contributed by atoms with Gasteiger partial charge in [-0.25, -0.2) is 4.79 Å². The maximum atomic E-state index is 14.6. The van der Waals surface area contributed by atoms with Crippen molar-refractivity contribution in [3.63, 3.8) is 0 Å². The number of aliphatic carboxylic acids is 1. The zero-order chi connectivity index (χ0) is 71.1. The molecule has 0 aromatic heterocycles. The number of nitrogens with one attached hydrogen (secondary N) is 8. The number of nitrogens with zero attached hydrogens (tertiary/aromatic N) is 6. The van der Waals surface area contributed by atoms with Gasteiger partial charge in [0.1, 0.15) is 48.3 Å². The molecule has 9 atom stereocenters. The van der Waals surface area contributed by atoms with Gasteiger partial charge in [0, 0.05) is 45.7 Å². The number of amides is 9. The van der Waals surface area contributed by atoms with Gasteiger partial charge in [0.15, 0.2) is 35.8 Å². The summed E-state index contributed by atoms with van der Waals surface area (Å²) >= 11 is 0. The lowest BCUT2D eigenvalue weighted by molar-refractivity contribution is -0.142. The Morgan fingerprint density at radius 3 is 0.702 bits per heavy atom. The zero-order valence-electron chi connectivity index (χ0n) is 53.4. The summed E-state index contributed by atoms with van der Waals surface area (Å²) in [5, 5.41) is 30.6. The van der Waals surface area contributed by atoms with Crippen LogP contribution in [0.1, 0.15) is 128 Å². The molecule has 0 heterocycles. The van der Waals surface area contributed by atoms with Crippen molar-refractivity contribution in [2.24, 2.45) is 122 Å². The first-order chi connectivity index (χ1) is 44.4. The minimum atomic E-state index is -1.69. The molecule has 0 aromatic rings. The molecule has 9 amide bonds. The number of aliphatic imine (C=N–C) groups is 6. The number of nitrogens with two attached hydrogens (primary N) is 16. The molecule has 0 fully saturated rings. The van der Waals surface area contributed by atoms with Crippen molar-refractivity contribution in [1.82, 2.24) is 42.5 Å². The molecule has 94 heavy (non-hydrogen) atoms. The first kappa shape index (κ1) is 84.2. The number of carbonyl (C=O) groups excluding carboxylic acids is 9. The van der Waals surface area contributed by atoms with Gasteiger partial charge in [-0.05, 0) is 135 Å². The Morgan fingerprint density at radius 2 is 0.479 bits per heavy atom. The van der Waals surface area contributed by atoms with Gasteiger partial charge in [0.05, 0.1) is 6.04 Å². The first-order valence-electron chi connectivity index (χ1n) is 30.8. The minimum absolute atomic E-state index is 0.00171. The number of hydrogen-bond donors (Lipinski definition) is 25. The molecule has 534 valence electrons. The zero-order valence-corrected chi connectivity index (χ0v) is 53.4. The molecule has 0 unspecified atom stereocenters. The summed E-state index contributed by atoms with van der Waals surface area (Å²) in [7, 11) is 0. The number of rotatable bonds is 52. The average Bonchev–Trinajstić information content (AvgIpc) is 0.920. The normalized spacial score (nSPS) is 13.6. The third-order valence-electron chi connectivity index (χ3n) is 13.6. The van der Waals surface area contributed by atoms with E-state index in [1.54, 1.807) is 0 Å². The molecule has 0 spiro atoms. The molecular weight excluding hydrogens is 1230 g/mol. The largest absolute Gasteiger partial charge is 0.480 e. The van der Waals surface area contributed by atoms with Crippen LogP contribution in [0, 0.1) is 0 Å². The predicted molar refractivity (Wildman–Crippen MR) is 355 cm³/mol. The van der Waals surface area contributed by atoms with Crippen LogP contribution in [-0.2, 0) is 47.9 Å². The monoisotopic (exact) mass is 1340 g/mol. The van der Waals surface area contributed by atoms with Gasteiger partial charge in [-0.15, -0.1) is 0 Å². The minimum Gasteiger partial charge on any atom is -0.480 e. The number of primary amides is 1. The van der Waals surface area contributed by atoms with Crippen LogP contribution in [0.4, 0.5) is 0 Å². The standard InChI is InChI=1S/C53H106N30O11/c54-21-3-1-12-30(76-39(85)29(56)11-5-23-70-48(58)59)40(86)77-31(13-2-4-22-55)41(87)78-32(14-6-24-71-49(60)61)42(88)79-34(16-8-26-73-51(64)65)44(90)82-36(19-20-38(57)84)46(92)81-33(15-7-25-72-50(62)63)43(89)80-35(17-9-27-74-52(66)67)45(91)83-37(47(93)94)18-10-28-75-53(68)69/h29-37H,1-28,54-56H2,(H2,57,84)(H,76,85)(H,77,86)(H,78,87)(H,79,88)(H,80,89)(H,81,92)(H,82,90)(H,83,91)(H,93,94)(H4,58,59,70)(H4,60,61,71)(H4,62,63,72)(H4,64,65,73)(H4,66,67,74)(H4,68,69,75)/t29-,30+,31+,32+,33+,34-,35-,36+,37+/m1/s1. The number of guanidine groups is 6. The third-order valence-corrected chi connectivity index (χ3v) is 13.6. The molecule has 0 aliphatic rings. The van der Waals surface area contributed by atoms with E-state index in [0.717, 1.165) is 0 Å². The Bertz CT molecular complexity index is 2560. The Labute approximate surface area is 545 Å². The average molecular weight is 1340 g/mol. The Balaban J connectivity index is 7.46. The fraction of sp³-hybridized carbons (Fsp3) is 0.698. The van der Waals surface area contributed by atoms with Crippen LogP contribution in [0.3, 0.4) is 0 Å². The Kier molecular flexibility index (Phi) is 43.8. The number of carboxylic acids is 1. The van der Waals surface area contributed by atoms with Crippen molar-refractivity contribution < 1.29 is 53.1 Å². The molecule has 0 bridgehead atoms. The lowest BCUT2D eigenvalue weighted by Gasteiger charge is -2.28. The predicted octanol–water partition coefficient (Wildman–Crippen LogP) is -10.9. The van der Waals surface area contributed by atoms with Gasteiger partial charge in [-0.1, -0.05) is 0 Å². The fourth-order valence-electron chi connectivity index (χ4n) is 8.76. The first-order valence-corrected chi connectivity index (χ1v) is 30.8. The fourth-order valence-corrected chi connectivity index (χ4v) is 8.76. The maximum absolute atomic E-state index is 14.6. The van der Waals surface area contributed by atoms with E-state index in [1.165, 1.54) is 0 Å². The highest BCUT2D eigenvalue weighted by Crippen LogP contribution is 2.12. The molecule has 0 radical (unpaired) electrons. The number of hydrogen-bond acceptors (Lipinski definition) is 19. The number of unbranched alkanes of at least 4 members (excludes halogenated alkanes) is 2.